The maximum absolute atomic E-state index is 12.5. The van der Waals surface area contributed by atoms with E-state index in [2.05, 4.69) is 20.2 Å². The van der Waals surface area contributed by atoms with E-state index in [9.17, 15) is 4.79 Å². The second kappa shape index (κ2) is 8.38. The van der Waals surface area contributed by atoms with Gasteiger partial charge in [0.25, 0.3) is 5.56 Å². The van der Waals surface area contributed by atoms with Crippen molar-refractivity contribution in [2.75, 3.05) is 25.2 Å². The first kappa shape index (κ1) is 19.2. The molecular weight excluding hydrogens is 395 g/mol. The van der Waals surface area contributed by atoms with Gasteiger partial charge in [-0.2, -0.15) is 5.10 Å². The number of nitrogens with zero attached hydrogens (tertiary/aromatic N) is 5. The van der Waals surface area contributed by atoms with Gasteiger partial charge in [0.15, 0.2) is 5.52 Å². The highest BCUT2D eigenvalue weighted by Crippen LogP contribution is 2.29. The molecule has 0 spiro atoms. The zero-order valence-corrected chi connectivity index (χ0v) is 15.8. The summed E-state index contributed by atoms with van der Waals surface area (Å²) in [6, 6.07) is 5.13. The molecule has 142 valence electrons. The Balaban J connectivity index is 1.84. The van der Waals surface area contributed by atoms with Crippen LogP contribution in [0.2, 0.25) is 10.0 Å². The number of anilines is 2. The largest absolute Gasteiger partial charge is 0.411 e. The van der Waals surface area contributed by atoms with Crippen LogP contribution in [0.3, 0.4) is 0 Å². The first-order chi connectivity index (χ1) is 13.0. The number of nitrogens with one attached hydrogen (secondary N) is 1. The van der Waals surface area contributed by atoms with Crippen molar-refractivity contribution in [1.29, 1.82) is 0 Å². The Kier molecular flexibility index (Phi) is 5.94. The van der Waals surface area contributed by atoms with Crippen LogP contribution >= 0.6 is 23.2 Å². The van der Waals surface area contributed by atoms with Crippen molar-refractivity contribution < 1.29 is 9.94 Å². The molecule has 1 aromatic carbocycles. The third-order valence-corrected chi connectivity index (χ3v) is 4.56. The van der Waals surface area contributed by atoms with Crippen LogP contribution in [-0.2, 0) is 11.3 Å². The van der Waals surface area contributed by atoms with Gasteiger partial charge in [0, 0.05) is 12.7 Å². The van der Waals surface area contributed by atoms with E-state index in [0.29, 0.717) is 40.2 Å². The molecule has 2 heterocycles. The van der Waals surface area contributed by atoms with Gasteiger partial charge in [-0.15, -0.1) is 0 Å². The minimum Gasteiger partial charge on any atom is -0.411 e. The Morgan fingerprint density at radius 1 is 1.41 bits per heavy atom. The number of fused-ring (bicyclic) bond motifs is 1. The van der Waals surface area contributed by atoms with Gasteiger partial charge < -0.3 is 14.8 Å². The molecule has 0 radical (unpaired) electrons. The molecule has 27 heavy (non-hydrogen) atoms. The van der Waals surface area contributed by atoms with Gasteiger partial charge >= 0.3 is 0 Å². The van der Waals surface area contributed by atoms with Gasteiger partial charge in [-0.1, -0.05) is 28.4 Å². The number of aromatic amines is 1. The molecule has 9 nitrogen and oxygen atoms in total. The fourth-order valence-corrected chi connectivity index (χ4v) is 2.75. The number of aromatic nitrogens is 4. The number of rotatable bonds is 7. The number of H-pyrrole nitrogens is 1. The van der Waals surface area contributed by atoms with Crippen molar-refractivity contribution in [3.63, 3.8) is 0 Å². The number of hydrogen-bond acceptors (Lipinski definition) is 7. The molecule has 0 fully saturated rings. The molecule has 3 rings (SSSR count). The van der Waals surface area contributed by atoms with Crippen molar-refractivity contribution in [2.24, 2.45) is 5.16 Å². The van der Waals surface area contributed by atoms with Crippen LogP contribution in [0.25, 0.3) is 11.0 Å². The molecule has 0 aliphatic heterocycles. The standard InChI is InChI=1S/C16H16Cl2N6O3/c1-23(10-2-3-11(17)12(18)8-10)16-21-13-9-19-24(14(13)15(25)22-16)5-7-27-6-4-20-26/h2-4,8-9,26H,5-7H2,1H3,(H,21,22,25)/b20-4+. The Morgan fingerprint density at radius 2 is 2.22 bits per heavy atom. The van der Waals surface area contributed by atoms with E-state index < -0.39 is 0 Å². The van der Waals surface area contributed by atoms with Gasteiger partial charge in [-0.3, -0.25) is 14.5 Å². The number of ether oxygens (including phenoxy) is 1. The van der Waals surface area contributed by atoms with E-state index >= 15 is 0 Å². The average Bonchev–Trinajstić information content (AvgIpc) is 3.07. The summed E-state index contributed by atoms with van der Waals surface area (Å²) in [7, 11) is 1.75. The van der Waals surface area contributed by atoms with Crippen LogP contribution < -0.4 is 10.5 Å². The summed E-state index contributed by atoms with van der Waals surface area (Å²) >= 11 is 12.0. The van der Waals surface area contributed by atoms with E-state index in [4.69, 9.17) is 33.1 Å². The van der Waals surface area contributed by atoms with Crippen LogP contribution in [-0.4, -0.2) is 51.4 Å². The Hall–Kier alpha value is -2.62. The zero-order valence-electron chi connectivity index (χ0n) is 14.3. The van der Waals surface area contributed by atoms with Gasteiger partial charge in [0.1, 0.15) is 5.52 Å². The maximum Gasteiger partial charge on any atom is 0.278 e. The Bertz CT molecular complexity index is 1030. The summed E-state index contributed by atoms with van der Waals surface area (Å²) < 4.78 is 6.76. The first-order valence-corrected chi connectivity index (χ1v) is 8.65. The molecule has 0 amide bonds. The third kappa shape index (κ3) is 4.21. The molecule has 2 aromatic heterocycles. The van der Waals surface area contributed by atoms with Crippen LogP contribution in [0, 0.1) is 0 Å². The number of benzene rings is 1. The molecule has 0 aliphatic carbocycles. The number of halogens is 2. The van der Waals surface area contributed by atoms with Crippen LogP contribution in [0.15, 0.2) is 34.3 Å². The fraction of sp³-hybridized carbons (Fsp3) is 0.250. The molecule has 3 aromatic rings. The van der Waals surface area contributed by atoms with Gasteiger partial charge in [-0.25, -0.2) is 4.98 Å². The maximum atomic E-state index is 12.5. The second-order valence-corrected chi connectivity index (χ2v) is 6.34. The van der Waals surface area contributed by atoms with Gasteiger partial charge in [0.05, 0.1) is 42.2 Å². The molecule has 0 saturated heterocycles. The minimum absolute atomic E-state index is 0.170. The zero-order chi connectivity index (χ0) is 19.4. The van der Waals surface area contributed by atoms with Crippen LogP contribution in [0.4, 0.5) is 11.6 Å². The molecule has 0 atom stereocenters. The smallest absolute Gasteiger partial charge is 0.278 e. The second-order valence-electron chi connectivity index (χ2n) is 5.52. The lowest BCUT2D eigenvalue weighted by Crippen LogP contribution is -2.21. The minimum atomic E-state index is -0.323. The molecule has 0 bridgehead atoms. The van der Waals surface area contributed by atoms with Gasteiger partial charge in [-0.05, 0) is 18.2 Å². The summed E-state index contributed by atoms with van der Waals surface area (Å²) in [4.78, 5) is 21.4. The van der Waals surface area contributed by atoms with E-state index in [1.54, 1.807) is 30.1 Å². The summed E-state index contributed by atoms with van der Waals surface area (Å²) in [5, 5.41) is 16.2. The lowest BCUT2D eigenvalue weighted by atomic mass is 10.3. The van der Waals surface area contributed by atoms with Gasteiger partial charge in [0.2, 0.25) is 5.95 Å². The molecule has 2 N–H and O–H groups in total. The molecule has 11 heteroatoms. The highest BCUT2D eigenvalue weighted by Gasteiger charge is 2.14. The Labute approximate surface area is 163 Å². The highest BCUT2D eigenvalue weighted by molar-refractivity contribution is 6.42. The SMILES string of the molecule is CN(c1ccc(Cl)c(Cl)c1)c1nc2cnn(CCOC/C=N/O)c2c(=O)[nH]1. The average molecular weight is 411 g/mol. The van der Waals surface area contributed by atoms with Crippen molar-refractivity contribution in [1.82, 2.24) is 19.7 Å². The van der Waals surface area contributed by atoms with E-state index in [1.807, 2.05) is 0 Å². The predicted molar refractivity (Wildman–Crippen MR) is 104 cm³/mol. The fourth-order valence-electron chi connectivity index (χ4n) is 2.46. The van der Waals surface area contributed by atoms with Crippen LogP contribution in [0.1, 0.15) is 0 Å². The first-order valence-electron chi connectivity index (χ1n) is 7.89. The lowest BCUT2D eigenvalue weighted by Gasteiger charge is -2.18. The molecule has 0 aliphatic rings. The van der Waals surface area contributed by atoms with Crippen molar-refractivity contribution in [3.8, 4) is 0 Å². The van der Waals surface area contributed by atoms with Crippen molar-refractivity contribution in [2.45, 2.75) is 6.54 Å². The molecule has 0 unspecified atom stereocenters. The van der Waals surface area contributed by atoms with Crippen molar-refractivity contribution >= 4 is 52.1 Å². The lowest BCUT2D eigenvalue weighted by molar-refractivity contribution is 0.160. The third-order valence-electron chi connectivity index (χ3n) is 3.82. The predicted octanol–water partition coefficient (Wildman–Crippen LogP) is 2.67. The topological polar surface area (TPSA) is 109 Å². The monoisotopic (exact) mass is 410 g/mol. The van der Waals surface area contributed by atoms with E-state index in [0.717, 1.165) is 5.69 Å². The van der Waals surface area contributed by atoms with Crippen molar-refractivity contribution in [3.05, 3.63) is 44.8 Å². The quantitative estimate of drug-likeness (QED) is 0.268. The van der Waals surface area contributed by atoms with E-state index in [-0.39, 0.29) is 12.2 Å². The highest BCUT2D eigenvalue weighted by atomic mass is 35.5. The summed E-state index contributed by atoms with van der Waals surface area (Å²) in [5.41, 5.74) is 1.20. The summed E-state index contributed by atoms with van der Waals surface area (Å²) in [6.45, 7) is 0.825. The van der Waals surface area contributed by atoms with Crippen LogP contribution in [0.5, 0.6) is 0 Å². The number of oxime groups is 1. The Morgan fingerprint density at radius 3 is 2.96 bits per heavy atom. The molecule has 0 saturated carbocycles. The normalized spacial score (nSPS) is 11.5. The van der Waals surface area contributed by atoms with E-state index in [1.165, 1.54) is 17.1 Å². The summed E-state index contributed by atoms with van der Waals surface area (Å²) in [6.07, 6.45) is 2.74. The molecular formula is C16H16Cl2N6O3. The summed E-state index contributed by atoms with van der Waals surface area (Å²) in [5.74, 6) is 0.348. The number of hydrogen-bond donors (Lipinski definition) is 2.